The second-order valence-electron chi connectivity index (χ2n) is 4.74. The largest absolute Gasteiger partial charge is 0.461 e. The number of benzene rings is 1. The number of ether oxygens (including phenoxy) is 1. The minimum atomic E-state index is -0.404. The number of nitrogens with zero attached hydrogens (tertiary/aromatic N) is 2. The van der Waals surface area contributed by atoms with Crippen molar-refractivity contribution in [1.82, 2.24) is 9.38 Å². The Hall–Kier alpha value is -2.88. The summed E-state index contributed by atoms with van der Waals surface area (Å²) in [5.74, 6) is -0.404. The highest BCUT2D eigenvalue weighted by atomic mass is 16.5. The number of hydrogen-bond acceptors (Lipinski definition) is 3. The third-order valence-electron chi connectivity index (χ3n) is 3.27. The van der Waals surface area contributed by atoms with Crippen LogP contribution in [0.4, 0.5) is 0 Å². The first-order valence-electron chi connectivity index (χ1n) is 7.17. The first kappa shape index (κ1) is 14.1. The third kappa shape index (κ3) is 2.76. The van der Waals surface area contributed by atoms with E-state index < -0.39 is 5.97 Å². The molecule has 0 amide bonds. The van der Waals surface area contributed by atoms with Gasteiger partial charge in [-0.15, -0.1) is 0 Å². The molecule has 0 aliphatic heterocycles. The lowest BCUT2D eigenvalue weighted by molar-refractivity contribution is 0.0520. The number of pyridine rings is 1. The average molecular weight is 292 g/mol. The molecule has 0 fully saturated rings. The molecular weight excluding hydrogens is 276 g/mol. The highest BCUT2D eigenvalue weighted by molar-refractivity contribution is 5.93. The van der Waals surface area contributed by atoms with Gasteiger partial charge in [0.15, 0.2) is 5.69 Å². The molecule has 0 unspecified atom stereocenters. The maximum absolute atomic E-state index is 12.1. The summed E-state index contributed by atoms with van der Waals surface area (Å²) >= 11 is 0. The van der Waals surface area contributed by atoms with Crippen molar-refractivity contribution < 1.29 is 9.53 Å². The lowest BCUT2D eigenvalue weighted by Gasteiger charge is -2.00. The Morgan fingerprint density at radius 2 is 1.91 bits per heavy atom. The molecule has 22 heavy (non-hydrogen) atoms. The highest BCUT2D eigenvalue weighted by Gasteiger charge is 2.17. The summed E-state index contributed by atoms with van der Waals surface area (Å²) in [6.45, 7) is 2.11. The lowest BCUT2D eigenvalue weighted by atomic mass is 10.2. The Labute approximate surface area is 128 Å². The van der Waals surface area contributed by atoms with Crippen LogP contribution in [-0.4, -0.2) is 22.0 Å². The van der Waals surface area contributed by atoms with E-state index in [1.165, 1.54) is 0 Å². The van der Waals surface area contributed by atoms with Gasteiger partial charge in [0.1, 0.15) is 5.65 Å². The van der Waals surface area contributed by atoms with E-state index in [9.17, 15) is 4.79 Å². The number of rotatable bonds is 4. The Kier molecular flexibility index (Phi) is 4.01. The van der Waals surface area contributed by atoms with Gasteiger partial charge in [0.25, 0.3) is 0 Å². The van der Waals surface area contributed by atoms with E-state index >= 15 is 0 Å². The zero-order valence-corrected chi connectivity index (χ0v) is 12.3. The summed E-state index contributed by atoms with van der Waals surface area (Å²) in [5.41, 5.74) is 2.83. The summed E-state index contributed by atoms with van der Waals surface area (Å²) in [4.78, 5) is 16.5. The summed E-state index contributed by atoms with van der Waals surface area (Å²) < 4.78 is 6.98. The topological polar surface area (TPSA) is 43.6 Å². The monoisotopic (exact) mass is 292 g/mol. The van der Waals surface area contributed by atoms with E-state index in [0.29, 0.717) is 12.3 Å². The van der Waals surface area contributed by atoms with E-state index in [1.54, 1.807) is 6.92 Å². The van der Waals surface area contributed by atoms with E-state index in [4.69, 9.17) is 4.74 Å². The first-order chi connectivity index (χ1) is 10.8. The summed E-state index contributed by atoms with van der Waals surface area (Å²) in [5, 5.41) is 0. The van der Waals surface area contributed by atoms with Crippen LogP contribution in [0.15, 0.2) is 54.7 Å². The maximum atomic E-state index is 12.1. The average Bonchev–Trinajstić information content (AvgIpc) is 2.93. The fourth-order valence-electron chi connectivity index (χ4n) is 2.26. The smallest absolute Gasteiger partial charge is 0.359 e. The van der Waals surface area contributed by atoms with Crippen molar-refractivity contribution in [1.29, 1.82) is 0 Å². The van der Waals surface area contributed by atoms with Gasteiger partial charge >= 0.3 is 5.97 Å². The molecule has 0 saturated heterocycles. The van der Waals surface area contributed by atoms with Gasteiger partial charge in [0, 0.05) is 6.20 Å². The van der Waals surface area contributed by atoms with Crippen LogP contribution in [0.25, 0.3) is 17.8 Å². The normalized spacial score (nSPS) is 11.1. The number of hydrogen-bond donors (Lipinski definition) is 0. The molecule has 3 aromatic rings. The zero-order valence-electron chi connectivity index (χ0n) is 12.3. The van der Waals surface area contributed by atoms with Gasteiger partial charge in [-0.05, 0) is 30.7 Å². The Balaban J connectivity index is 2.07. The first-order valence-corrected chi connectivity index (χ1v) is 7.17. The highest BCUT2D eigenvalue weighted by Crippen LogP contribution is 2.17. The van der Waals surface area contributed by atoms with Crippen LogP contribution in [0.2, 0.25) is 0 Å². The van der Waals surface area contributed by atoms with Crippen molar-refractivity contribution in [2.24, 2.45) is 0 Å². The minimum Gasteiger partial charge on any atom is -0.461 e. The molecule has 0 spiro atoms. The molecule has 0 bridgehead atoms. The molecule has 0 atom stereocenters. The fourth-order valence-corrected chi connectivity index (χ4v) is 2.26. The van der Waals surface area contributed by atoms with Crippen LogP contribution < -0.4 is 0 Å². The van der Waals surface area contributed by atoms with E-state index in [0.717, 1.165) is 16.9 Å². The van der Waals surface area contributed by atoms with Crippen LogP contribution in [0.5, 0.6) is 0 Å². The standard InChI is InChI=1S/C18H16N2O2/c1-2-22-18(21)17-15(12-11-14-8-4-3-5-9-14)20-13-7-6-10-16(20)19-17/h3-13H,2H2,1H3/b12-11+. The Morgan fingerprint density at radius 1 is 1.14 bits per heavy atom. The molecule has 2 heterocycles. The minimum absolute atomic E-state index is 0.328. The molecule has 0 aliphatic carbocycles. The van der Waals surface area contributed by atoms with E-state index in [-0.39, 0.29) is 0 Å². The van der Waals surface area contributed by atoms with Gasteiger partial charge in [0.2, 0.25) is 0 Å². The van der Waals surface area contributed by atoms with Gasteiger partial charge in [0.05, 0.1) is 12.3 Å². The summed E-state index contributed by atoms with van der Waals surface area (Å²) in [6.07, 6.45) is 5.73. The van der Waals surface area contributed by atoms with Crippen molar-refractivity contribution in [2.45, 2.75) is 6.92 Å². The summed E-state index contributed by atoms with van der Waals surface area (Å²) in [6, 6.07) is 15.6. The molecule has 4 heteroatoms. The van der Waals surface area contributed by atoms with E-state index in [1.807, 2.05) is 71.3 Å². The molecular formula is C18H16N2O2. The molecule has 0 radical (unpaired) electrons. The van der Waals surface area contributed by atoms with Crippen molar-refractivity contribution in [3.63, 3.8) is 0 Å². The van der Waals surface area contributed by atoms with Crippen LogP contribution in [0, 0.1) is 0 Å². The second kappa shape index (κ2) is 6.26. The van der Waals surface area contributed by atoms with Crippen molar-refractivity contribution >= 4 is 23.8 Å². The van der Waals surface area contributed by atoms with Crippen LogP contribution >= 0.6 is 0 Å². The van der Waals surface area contributed by atoms with Crippen molar-refractivity contribution in [2.75, 3.05) is 6.61 Å². The molecule has 0 aliphatic rings. The van der Waals surface area contributed by atoms with Gasteiger partial charge in [-0.2, -0.15) is 0 Å². The molecule has 4 nitrogen and oxygen atoms in total. The number of aromatic nitrogens is 2. The fraction of sp³-hybridized carbons (Fsp3) is 0.111. The molecule has 0 saturated carbocycles. The SMILES string of the molecule is CCOC(=O)c1nc2ccccn2c1/C=C/c1ccccc1. The number of fused-ring (bicyclic) bond motifs is 1. The molecule has 1 aromatic carbocycles. The zero-order chi connectivity index (χ0) is 15.4. The van der Waals surface area contributed by atoms with Gasteiger partial charge in [-0.1, -0.05) is 42.5 Å². The number of carbonyl (C=O) groups is 1. The van der Waals surface area contributed by atoms with Crippen LogP contribution in [0.3, 0.4) is 0 Å². The Bertz CT molecular complexity index is 819. The van der Waals surface area contributed by atoms with Crippen molar-refractivity contribution in [3.05, 3.63) is 71.7 Å². The van der Waals surface area contributed by atoms with E-state index in [2.05, 4.69) is 4.98 Å². The second-order valence-corrected chi connectivity index (χ2v) is 4.74. The van der Waals surface area contributed by atoms with Gasteiger partial charge < -0.3 is 4.74 Å². The molecule has 110 valence electrons. The predicted molar refractivity (Wildman–Crippen MR) is 86.5 cm³/mol. The van der Waals surface area contributed by atoms with Gasteiger partial charge in [-0.25, -0.2) is 9.78 Å². The number of esters is 1. The van der Waals surface area contributed by atoms with Crippen LogP contribution in [-0.2, 0) is 4.74 Å². The quantitative estimate of drug-likeness (QED) is 0.689. The van der Waals surface area contributed by atoms with Crippen molar-refractivity contribution in [3.8, 4) is 0 Å². The Morgan fingerprint density at radius 3 is 2.68 bits per heavy atom. The third-order valence-corrected chi connectivity index (χ3v) is 3.27. The maximum Gasteiger partial charge on any atom is 0.359 e. The predicted octanol–water partition coefficient (Wildman–Crippen LogP) is 3.68. The number of imidazole rings is 1. The van der Waals surface area contributed by atoms with Crippen LogP contribution in [0.1, 0.15) is 28.7 Å². The molecule has 0 N–H and O–H groups in total. The number of carbonyl (C=O) groups excluding carboxylic acids is 1. The summed E-state index contributed by atoms with van der Waals surface area (Å²) in [7, 11) is 0. The lowest BCUT2D eigenvalue weighted by Crippen LogP contribution is -2.07. The van der Waals surface area contributed by atoms with Gasteiger partial charge in [-0.3, -0.25) is 4.40 Å². The molecule has 2 aromatic heterocycles. The molecule has 3 rings (SSSR count).